The number of benzene rings is 1. The highest BCUT2D eigenvalue weighted by Gasteiger charge is 2.26. The Morgan fingerprint density at radius 2 is 1.81 bits per heavy atom. The Morgan fingerprint density at radius 3 is 2.46 bits per heavy atom. The number of aromatic nitrogens is 4. The maximum absolute atomic E-state index is 13.1. The standard InChI is InChI=1S/C25H26N6O4S2/c1-16-17(2)26-25(28-23(16)32)31-22(15-20(29-31)21-7-6-14-36-21)27-24(33)18-8-10-19(11-9-18)37(34,35)30-12-4-3-5-13-30/h6-11,14-15H,3-5,12-13H2,1-2H3,(H,27,33)(H,26,28,32). The smallest absolute Gasteiger partial charge is 0.256 e. The van der Waals surface area contributed by atoms with Crippen LogP contribution in [0.5, 0.6) is 0 Å². The molecule has 2 N–H and O–H groups in total. The van der Waals surface area contributed by atoms with Gasteiger partial charge in [0.05, 0.1) is 9.77 Å². The lowest BCUT2D eigenvalue weighted by atomic mass is 10.2. The van der Waals surface area contributed by atoms with E-state index in [0.717, 1.165) is 24.1 Å². The van der Waals surface area contributed by atoms with Gasteiger partial charge in [0.2, 0.25) is 16.0 Å². The minimum absolute atomic E-state index is 0.160. The number of rotatable bonds is 6. The molecule has 12 heteroatoms. The Morgan fingerprint density at radius 1 is 1.08 bits per heavy atom. The number of hydrogen-bond acceptors (Lipinski definition) is 7. The van der Waals surface area contributed by atoms with E-state index >= 15 is 0 Å². The van der Waals surface area contributed by atoms with Crippen molar-refractivity contribution < 1.29 is 13.2 Å². The number of hydrogen-bond donors (Lipinski definition) is 2. The van der Waals surface area contributed by atoms with E-state index in [9.17, 15) is 18.0 Å². The molecule has 37 heavy (non-hydrogen) atoms. The number of nitrogens with one attached hydrogen (secondary N) is 2. The lowest BCUT2D eigenvalue weighted by Crippen LogP contribution is -2.35. The summed E-state index contributed by atoms with van der Waals surface area (Å²) in [6.07, 6.45) is 2.73. The lowest BCUT2D eigenvalue weighted by Gasteiger charge is -2.25. The quantitative estimate of drug-likeness (QED) is 0.385. The van der Waals surface area contributed by atoms with E-state index in [1.165, 1.54) is 44.6 Å². The summed E-state index contributed by atoms with van der Waals surface area (Å²) < 4.78 is 28.7. The molecule has 5 rings (SSSR count). The van der Waals surface area contributed by atoms with Crippen LogP contribution in [-0.2, 0) is 10.0 Å². The van der Waals surface area contributed by atoms with Gasteiger partial charge >= 0.3 is 0 Å². The van der Waals surface area contributed by atoms with Gasteiger partial charge in [-0.15, -0.1) is 11.3 Å². The molecule has 0 bridgehead atoms. The summed E-state index contributed by atoms with van der Waals surface area (Å²) >= 11 is 1.49. The van der Waals surface area contributed by atoms with Crippen LogP contribution in [0, 0.1) is 13.8 Å². The second-order valence-electron chi connectivity index (χ2n) is 8.85. The monoisotopic (exact) mass is 538 g/mol. The molecule has 3 aromatic heterocycles. The van der Waals surface area contributed by atoms with Gasteiger partial charge in [0.1, 0.15) is 11.5 Å². The fourth-order valence-electron chi connectivity index (χ4n) is 4.13. The highest BCUT2D eigenvalue weighted by molar-refractivity contribution is 7.89. The van der Waals surface area contributed by atoms with E-state index in [1.807, 2.05) is 17.5 Å². The van der Waals surface area contributed by atoms with Crippen LogP contribution in [-0.4, -0.2) is 51.5 Å². The van der Waals surface area contributed by atoms with Crippen LogP contribution in [0.2, 0.25) is 0 Å². The minimum atomic E-state index is -3.59. The predicted octanol–water partition coefficient (Wildman–Crippen LogP) is 3.73. The van der Waals surface area contributed by atoms with Gasteiger partial charge in [-0.2, -0.15) is 14.1 Å². The number of sulfonamides is 1. The first-order valence-corrected chi connectivity index (χ1v) is 14.2. The number of anilines is 1. The zero-order valence-electron chi connectivity index (χ0n) is 20.4. The number of carbonyl (C=O) groups is 1. The first-order valence-electron chi connectivity index (χ1n) is 11.9. The number of H-pyrrole nitrogens is 1. The molecule has 0 atom stereocenters. The predicted molar refractivity (Wildman–Crippen MR) is 142 cm³/mol. The summed E-state index contributed by atoms with van der Waals surface area (Å²) in [6, 6.07) is 11.4. The molecule has 10 nitrogen and oxygen atoms in total. The zero-order chi connectivity index (χ0) is 26.2. The van der Waals surface area contributed by atoms with E-state index < -0.39 is 15.9 Å². The molecule has 1 aromatic carbocycles. The Hall–Kier alpha value is -3.61. The van der Waals surface area contributed by atoms with Crippen LogP contribution >= 0.6 is 11.3 Å². The number of aromatic amines is 1. The van der Waals surface area contributed by atoms with Gasteiger partial charge in [-0.3, -0.25) is 14.6 Å². The van der Waals surface area contributed by atoms with Crippen molar-refractivity contribution in [1.29, 1.82) is 0 Å². The van der Waals surface area contributed by atoms with Gasteiger partial charge in [0.15, 0.2) is 0 Å². The van der Waals surface area contributed by atoms with Gasteiger partial charge in [0, 0.05) is 36.0 Å². The van der Waals surface area contributed by atoms with E-state index in [2.05, 4.69) is 20.4 Å². The van der Waals surface area contributed by atoms with E-state index in [1.54, 1.807) is 19.9 Å². The van der Waals surface area contributed by atoms with Crippen molar-refractivity contribution in [2.75, 3.05) is 18.4 Å². The number of amides is 1. The molecule has 1 aliphatic heterocycles. The summed E-state index contributed by atoms with van der Waals surface area (Å²) in [5.41, 5.74) is 1.64. The molecule has 0 aliphatic carbocycles. The van der Waals surface area contributed by atoms with Crippen LogP contribution in [0.3, 0.4) is 0 Å². The zero-order valence-corrected chi connectivity index (χ0v) is 22.0. The maximum Gasteiger partial charge on any atom is 0.256 e. The first kappa shape index (κ1) is 25.1. The topological polar surface area (TPSA) is 130 Å². The van der Waals surface area contributed by atoms with Crippen molar-refractivity contribution in [3.05, 3.63) is 75.0 Å². The Labute approximate surface area is 218 Å². The third-order valence-corrected chi connectivity index (χ3v) is 9.18. The number of piperidine rings is 1. The van der Waals surface area contributed by atoms with Crippen LogP contribution in [0.15, 0.2) is 57.5 Å². The van der Waals surface area contributed by atoms with E-state index in [-0.39, 0.29) is 22.0 Å². The highest BCUT2D eigenvalue weighted by atomic mass is 32.2. The van der Waals surface area contributed by atoms with E-state index in [0.29, 0.717) is 35.9 Å². The van der Waals surface area contributed by atoms with Gasteiger partial charge in [-0.25, -0.2) is 13.4 Å². The second kappa shape index (κ2) is 10.0. The Balaban J connectivity index is 1.45. The van der Waals surface area contributed by atoms with E-state index in [4.69, 9.17) is 0 Å². The average Bonchev–Trinajstić information content (AvgIpc) is 3.58. The van der Waals surface area contributed by atoms with Crippen molar-refractivity contribution in [2.24, 2.45) is 0 Å². The van der Waals surface area contributed by atoms with Crippen molar-refractivity contribution >= 4 is 33.1 Å². The van der Waals surface area contributed by atoms with Crippen molar-refractivity contribution in [3.8, 4) is 16.5 Å². The molecule has 1 saturated heterocycles. The molecule has 0 saturated carbocycles. The van der Waals surface area contributed by atoms with Gasteiger partial charge in [-0.1, -0.05) is 12.5 Å². The van der Waals surface area contributed by atoms with Gasteiger partial charge in [-0.05, 0) is 62.4 Å². The van der Waals surface area contributed by atoms with Crippen LogP contribution in [0.1, 0.15) is 40.9 Å². The fraction of sp³-hybridized carbons (Fsp3) is 0.280. The number of aryl methyl sites for hydroxylation is 1. The summed E-state index contributed by atoms with van der Waals surface area (Å²) in [4.78, 5) is 33.7. The SMILES string of the molecule is Cc1nc(-n2nc(-c3cccs3)cc2NC(=O)c2ccc(S(=O)(=O)N3CCCCC3)cc2)[nH]c(=O)c1C. The molecule has 0 radical (unpaired) electrons. The number of thiophene rings is 1. The fourth-order valence-corrected chi connectivity index (χ4v) is 6.33. The Bertz CT molecular complexity index is 1600. The number of nitrogens with zero attached hydrogens (tertiary/aromatic N) is 4. The third kappa shape index (κ3) is 4.99. The molecule has 0 unspecified atom stereocenters. The highest BCUT2D eigenvalue weighted by Crippen LogP contribution is 2.28. The van der Waals surface area contributed by atoms with Gasteiger partial charge < -0.3 is 5.32 Å². The summed E-state index contributed by atoms with van der Waals surface area (Å²) in [6.45, 7) is 4.43. The van der Waals surface area contributed by atoms with Crippen LogP contribution in [0.4, 0.5) is 5.82 Å². The van der Waals surface area contributed by atoms with Crippen molar-refractivity contribution in [2.45, 2.75) is 38.0 Å². The summed E-state index contributed by atoms with van der Waals surface area (Å²) in [7, 11) is -3.59. The molecule has 1 aliphatic rings. The van der Waals surface area contributed by atoms with Crippen molar-refractivity contribution in [3.63, 3.8) is 0 Å². The molecular weight excluding hydrogens is 512 g/mol. The molecule has 192 valence electrons. The molecular formula is C25H26N6O4S2. The minimum Gasteiger partial charge on any atom is -0.306 e. The Kier molecular flexibility index (Phi) is 6.80. The normalized spacial score (nSPS) is 14.5. The molecule has 4 heterocycles. The van der Waals surface area contributed by atoms with Crippen molar-refractivity contribution in [1.82, 2.24) is 24.1 Å². The molecule has 4 aromatic rings. The molecule has 1 amide bonds. The van der Waals surface area contributed by atoms with Gasteiger partial charge in [0.25, 0.3) is 11.5 Å². The van der Waals surface area contributed by atoms with Crippen LogP contribution < -0.4 is 10.9 Å². The molecule has 0 spiro atoms. The second-order valence-corrected chi connectivity index (χ2v) is 11.7. The maximum atomic E-state index is 13.1. The summed E-state index contributed by atoms with van der Waals surface area (Å²) in [5, 5.41) is 9.32. The van der Waals surface area contributed by atoms with Crippen LogP contribution in [0.25, 0.3) is 16.5 Å². The largest absolute Gasteiger partial charge is 0.306 e. The lowest BCUT2D eigenvalue weighted by molar-refractivity contribution is 0.102. The molecule has 1 fully saturated rings. The first-order chi connectivity index (χ1) is 17.7. The third-order valence-electron chi connectivity index (χ3n) is 6.38. The number of carbonyl (C=O) groups excluding carboxylic acids is 1. The average molecular weight is 539 g/mol. The summed E-state index contributed by atoms with van der Waals surface area (Å²) in [5.74, 6) is 0.0333.